The first-order valence-electron chi connectivity index (χ1n) is 11.1. The number of carbonyl (C=O) groups is 1. The van der Waals surface area contributed by atoms with Crippen LogP contribution in [0.5, 0.6) is 0 Å². The lowest BCUT2D eigenvalue weighted by Gasteiger charge is -2.31. The molecule has 0 aromatic carbocycles. The van der Waals surface area contributed by atoms with Crippen molar-refractivity contribution in [2.45, 2.75) is 105 Å². The number of fused-ring (bicyclic) bond motifs is 1. The summed E-state index contributed by atoms with van der Waals surface area (Å²) in [5.74, 6) is -0.364. The molecule has 1 aromatic heterocycles. The second-order valence-electron chi connectivity index (χ2n) is 8.66. The van der Waals surface area contributed by atoms with Gasteiger partial charge in [-0.3, -0.25) is 4.79 Å². The molecule has 1 aliphatic heterocycles. The number of hydrogen-bond acceptors (Lipinski definition) is 8. The van der Waals surface area contributed by atoms with E-state index >= 15 is 0 Å². The summed E-state index contributed by atoms with van der Waals surface area (Å²) in [5, 5.41) is 2.64. The van der Waals surface area contributed by atoms with Gasteiger partial charge >= 0.3 is 0 Å². The topological polar surface area (TPSA) is 119 Å². The van der Waals surface area contributed by atoms with Crippen LogP contribution in [0, 0.1) is 0 Å². The molecule has 32 heavy (non-hydrogen) atoms. The highest BCUT2D eigenvalue weighted by atomic mass is 32.3. The Hall–Kier alpha value is -0.850. The Morgan fingerprint density at radius 3 is 2.47 bits per heavy atom. The van der Waals surface area contributed by atoms with Gasteiger partial charge in [0.2, 0.25) is 0 Å². The van der Waals surface area contributed by atoms with Crippen molar-refractivity contribution in [3.63, 3.8) is 0 Å². The van der Waals surface area contributed by atoms with Gasteiger partial charge in [0.25, 0.3) is 10.0 Å². The standard InChI is InChI=1S/C21H36N2O6S3/c1-8-13(4)29-15(6)19(24)21(7,9-2)23-32(27,28)18-12-16-17(22-10-3)11-14(5)31(25,26)20(16)30-18/h12-15,17,22-23H,8-11H2,1-7H3/t13?,14-,15-,17-,21?/m0/s1. The van der Waals surface area contributed by atoms with E-state index in [2.05, 4.69) is 10.0 Å². The summed E-state index contributed by atoms with van der Waals surface area (Å²) in [6, 6.07) is 1.19. The molecular weight excluding hydrogens is 472 g/mol. The Labute approximate surface area is 196 Å². The van der Waals surface area contributed by atoms with Crippen LogP contribution < -0.4 is 10.0 Å². The first-order chi connectivity index (χ1) is 14.7. The first kappa shape index (κ1) is 27.4. The molecule has 1 aromatic rings. The first-order valence-corrected chi connectivity index (χ1v) is 14.9. The van der Waals surface area contributed by atoms with Gasteiger partial charge in [-0.15, -0.1) is 11.3 Å². The van der Waals surface area contributed by atoms with Gasteiger partial charge in [-0.2, -0.15) is 4.72 Å². The van der Waals surface area contributed by atoms with Crippen molar-refractivity contribution in [3.05, 3.63) is 11.6 Å². The number of sulfonamides is 1. The second-order valence-corrected chi connectivity index (χ2v) is 14.2. The van der Waals surface area contributed by atoms with Crippen molar-refractivity contribution >= 4 is 37.0 Å². The van der Waals surface area contributed by atoms with Crippen LogP contribution in [-0.4, -0.2) is 52.2 Å². The quantitative estimate of drug-likeness (QED) is 0.471. The summed E-state index contributed by atoms with van der Waals surface area (Å²) in [6.45, 7) is 12.9. The van der Waals surface area contributed by atoms with Crippen LogP contribution in [0.15, 0.2) is 14.5 Å². The van der Waals surface area contributed by atoms with Gasteiger partial charge in [-0.1, -0.05) is 20.8 Å². The van der Waals surface area contributed by atoms with Crippen molar-refractivity contribution < 1.29 is 26.4 Å². The van der Waals surface area contributed by atoms with E-state index in [9.17, 15) is 21.6 Å². The maximum Gasteiger partial charge on any atom is 0.251 e. The third kappa shape index (κ3) is 5.44. The molecule has 8 nitrogen and oxygen atoms in total. The molecule has 5 atom stereocenters. The summed E-state index contributed by atoms with van der Waals surface area (Å²) >= 11 is 0.747. The average molecular weight is 509 g/mol. The zero-order valence-corrected chi connectivity index (χ0v) is 22.3. The molecular formula is C21H36N2O6S3. The molecule has 11 heteroatoms. The van der Waals surface area contributed by atoms with E-state index in [4.69, 9.17) is 4.74 Å². The maximum atomic E-state index is 13.3. The number of nitrogens with one attached hydrogen (secondary N) is 2. The highest BCUT2D eigenvalue weighted by Crippen LogP contribution is 2.43. The fraction of sp³-hybridized carbons (Fsp3) is 0.762. The summed E-state index contributed by atoms with van der Waals surface area (Å²) < 4.78 is 60.5. The molecule has 2 rings (SSSR count). The van der Waals surface area contributed by atoms with Crippen LogP contribution in [0.1, 0.15) is 79.3 Å². The maximum absolute atomic E-state index is 13.3. The summed E-state index contributed by atoms with van der Waals surface area (Å²) in [5.41, 5.74) is -0.906. The molecule has 0 saturated heterocycles. The largest absolute Gasteiger partial charge is 0.368 e. The molecule has 2 unspecified atom stereocenters. The third-order valence-corrected chi connectivity index (χ3v) is 12.1. The predicted molar refractivity (Wildman–Crippen MR) is 126 cm³/mol. The third-order valence-electron chi connectivity index (χ3n) is 6.14. The number of rotatable bonds is 11. The van der Waals surface area contributed by atoms with E-state index in [1.54, 1.807) is 20.8 Å². The average Bonchev–Trinajstić information content (AvgIpc) is 3.19. The minimum absolute atomic E-state index is 0.0839. The Morgan fingerprint density at radius 1 is 1.31 bits per heavy atom. The molecule has 0 fully saturated rings. The normalized spacial score (nSPS) is 24.3. The smallest absolute Gasteiger partial charge is 0.251 e. The van der Waals surface area contributed by atoms with Crippen LogP contribution in [0.25, 0.3) is 0 Å². The lowest BCUT2D eigenvalue weighted by molar-refractivity contribution is -0.138. The minimum atomic E-state index is -4.14. The lowest BCUT2D eigenvalue weighted by Crippen LogP contribution is -2.55. The van der Waals surface area contributed by atoms with E-state index in [1.165, 1.54) is 13.0 Å². The number of hydrogen-bond donors (Lipinski definition) is 2. The van der Waals surface area contributed by atoms with Crippen LogP contribution in [0.3, 0.4) is 0 Å². The molecule has 2 heterocycles. The molecule has 0 aliphatic carbocycles. The number of carbonyl (C=O) groups excluding carboxylic acids is 1. The Bertz CT molecular complexity index is 1030. The van der Waals surface area contributed by atoms with Crippen molar-refractivity contribution in [1.82, 2.24) is 10.0 Å². The molecule has 0 radical (unpaired) electrons. The van der Waals surface area contributed by atoms with Gasteiger partial charge in [-0.25, -0.2) is 16.8 Å². The van der Waals surface area contributed by atoms with Gasteiger partial charge in [0.05, 0.1) is 16.9 Å². The Kier molecular flexibility index (Phi) is 8.72. The lowest BCUT2D eigenvalue weighted by atomic mass is 9.91. The van der Waals surface area contributed by atoms with Crippen molar-refractivity contribution in [3.8, 4) is 0 Å². The number of ether oxygens (including phenoxy) is 1. The van der Waals surface area contributed by atoms with E-state index in [0.717, 1.165) is 17.8 Å². The van der Waals surface area contributed by atoms with Crippen LogP contribution in [0.4, 0.5) is 0 Å². The second kappa shape index (κ2) is 10.2. The van der Waals surface area contributed by atoms with Crippen LogP contribution in [0.2, 0.25) is 0 Å². The molecule has 0 amide bonds. The molecule has 0 saturated carbocycles. The van der Waals surface area contributed by atoms with Crippen molar-refractivity contribution in [2.75, 3.05) is 6.54 Å². The highest BCUT2D eigenvalue weighted by Gasteiger charge is 2.43. The fourth-order valence-corrected chi connectivity index (χ4v) is 9.22. The highest BCUT2D eigenvalue weighted by molar-refractivity contribution is 7.95. The van der Waals surface area contributed by atoms with E-state index in [0.29, 0.717) is 18.5 Å². The van der Waals surface area contributed by atoms with Gasteiger partial charge in [0.1, 0.15) is 14.5 Å². The molecule has 1 aliphatic rings. The summed E-state index contributed by atoms with van der Waals surface area (Å²) in [6.07, 6.45) is 0.411. The fourth-order valence-electron chi connectivity index (χ4n) is 3.77. The zero-order valence-electron chi connectivity index (χ0n) is 19.9. The Morgan fingerprint density at radius 2 is 1.94 bits per heavy atom. The van der Waals surface area contributed by atoms with Crippen LogP contribution >= 0.6 is 11.3 Å². The number of Topliss-reactive ketones (excluding diaryl/α,β-unsaturated/α-hetero) is 1. The minimum Gasteiger partial charge on any atom is -0.368 e. The van der Waals surface area contributed by atoms with Gasteiger partial charge in [0.15, 0.2) is 15.6 Å². The summed E-state index contributed by atoms with van der Waals surface area (Å²) in [4.78, 5) is 13.1. The molecule has 2 N–H and O–H groups in total. The monoisotopic (exact) mass is 508 g/mol. The molecule has 0 bridgehead atoms. The number of ketones is 1. The molecule has 0 spiro atoms. The van der Waals surface area contributed by atoms with E-state index in [1.807, 2.05) is 20.8 Å². The van der Waals surface area contributed by atoms with Gasteiger partial charge in [-0.05, 0) is 59.6 Å². The van der Waals surface area contributed by atoms with Crippen molar-refractivity contribution in [2.24, 2.45) is 0 Å². The number of sulfone groups is 1. The predicted octanol–water partition coefficient (Wildman–Crippen LogP) is 3.18. The molecule has 184 valence electrons. The van der Waals surface area contributed by atoms with E-state index < -0.39 is 36.8 Å². The van der Waals surface area contributed by atoms with E-state index in [-0.39, 0.29) is 32.8 Å². The SMILES string of the molecule is CCN[C@H]1C[C@H](C)S(=O)(=O)c2sc(S(=O)(=O)NC(C)(CC)C(=O)[C@H](C)OC(C)CC)cc21. The van der Waals surface area contributed by atoms with Gasteiger partial charge in [0, 0.05) is 11.6 Å². The van der Waals surface area contributed by atoms with Crippen LogP contribution in [-0.2, 0) is 29.4 Å². The summed E-state index contributed by atoms with van der Waals surface area (Å²) in [7, 11) is -7.75. The van der Waals surface area contributed by atoms with Crippen molar-refractivity contribution in [1.29, 1.82) is 0 Å². The van der Waals surface area contributed by atoms with Gasteiger partial charge < -0.3 is 10.1 Å². The zero-order chi connectivity index (χ0) is 24.5. The Balaban J connectivity index is 2.41. The number of thiophene rings is 1.